The van der Waals surface area contributed by atoms with Crippen molar-refractivity contribution in [2.75, 3.05) is 18.5 Å². The van der Waals surface area contributed by atoms with E-state index in [9.17, 15) is 4.79 Å². The van der Waals surface area contributed by atoms with Crippen molar-refractivity contribution in [1.82, 2.24) is 0 Å². The monoisotopic (exact) mass is 395 g/mol. The van der Waals surface area contributed by atoms with Crippen molar-refractivity contribution >= 4 is 11.6 Å². The molecule has 0 unspecified atom stereocenters. The van der Waals surface area contributed by atoms with Crippen molar-refractivity contribution in [3.05, 3.63) is 54.1 Å². The first-order chi connectivity index (χ1) is 14.1. The van der Waals surface area contributed by atoms with Crippen LogP contribution < -0.4 is 14.8 Å². The Morgan fingerprint density at radius 2 is 1.72 bits per heavy atom. The van der Waals surface area contributed by atoms with E-state index in [1.807, 2.05) is 48.5 Å². The highest BCUT2D eigenvalue weighted by atomic mass is 16.5. The number of nitrogens with one attached hydrogen (secondary N) is 1. The number of para-hydroxylation sites is 1. The van der Waals surface area contributed by atoms with Gasteiger partial charge in [-0.1, -0.05) is 64.2 Å². The third-order valence-corrected chi connectivity index (χ3v) is 5.56. The fraction of sp³-hybridized carbons (Fsp3) is 0.480. The Labute approximate surface area is 174 Å². The predicted octanol–water partition coefficient (Wildman–Crippen LogP) is 6.18. The highest BCUT2D eigenvalue weighted by Crippen LogP contribution is 2.27. The van der Waals surface area contributed by atoms with Gasteiger partial charge in [-0.2, -0.15) is 0 Å². The standard InChI is InChI=1S/C25H33NO3/c1-19(2)23-10-6-7-11-24(23)29-18-25(27)26-21-12-14-22(15-13-21)28-17-16-20-8-4-3-5-9-20/h6-7,10-15,19-20H,3-5,8-9,16-18H2,1-2H3,(H,26,27). The number of ether oxygens (including phenoxy) is 2. The van der Waals surface area contributed by atoms with Crippen LogP contribution in [0.5, 0.6) is 11.5 Å². The van der Waals surface area contributed by atoms with Crippen LogP contribution in [0, 0.1) is 5.92 Å². The molecule has 0 aliphatic heterocycles. The van der Waals surface area contributed by atoms with Crippen molar-refractivity contribution in [2.24, 2.45) is 5.92 Å². The molecule has 1 amide bonds. The molecule has 1 aliphatic carbocycles. The summed E-state index contributed by atoms with van der Waals surface area (Å²) in [7, 11) is 0. The van der Waals surface area contributed by atoms with E-state index in [-0.39, 0.29) is 12.5 Å². The topological polar surface area (TPSA) is 47.6 Å². The van der Waals surface area contributed by atoms with Gasteiger partial charge in [0.15, 0.2) is 6.61 Å². The lowest BCUT2D eigenvalue weighted by molar-refractivity contribution is -0.118. The maximum atomic E-state index is 12.2. The molecule has 0 atom stereocenters. The minimum atomic E-state index is -0.172. The van der Waals surface area contributed by atoms with Crippen molar-refractivity contribution in [3.63, 3.8) is 0 Å². The molecule has 2 aromatic carbocycles. The van der Waals surface area contributed by atoms with Crippen molar-refractivity contribution in [3.8, 4) is 11.5 Å². The first-order valence-electron chi connectivity index (χ1n) is 10.9. The minimum Gasteiger partial charge on any atom is -0.494 e. The average Bonchev–Trinajstić information content (AvgIpc) is 2.74. The van der Waals surface area contributed by atoms with Gasteiger partial charge in [0.2, 0.25) is 0 Å². The van der Waals surface area contributed by atoms with Crippen molar-refractivity contribution in [2.45, 2.75) is 58.3 Å². The number of amides is 1. The number of carbonyl (C=O) groups is 1. The Hall–Kier alpha value is -2.49. The van der Waals surface area contributed by atoms with Gasteiger partial charge >= 0.3 is 0 Å². The molecule has 0 spiro atoms. The lowest BCUT2D eigenvalue weighted by atomic mass is 9.87. The molecule has 4 nitrogen and oxygen atoms in total. The molecule has 0 radical (unpaired) electrons. The minimum absolute atomic E-state index is 0.0105. The third kappa shape index (κ3) is 6.81. The summed E-state index contributed by atoms with van der Waals surface area (Å²) in [6.45, 7) is 4.98. The zero-order valence-electron chi connectivity index (χ0n) is 17.7. The molecule has 1 fully saturated rings. The zero-order chi connectivity index (χ0) is 20.5. The van der Waals surface area contributed by atoms with Crippen LogP contribution in [0.15, 0.2) is 48.5 Å². The van der Waals surface area contributed by atoms with E-state index < -0.39 is 0 Å². The number of hydrogen-bond donors (Lipinski definition) is 1. The highest BCUT2D eigenvalue weighted by molar-refractivity contribution is 5.91. The smallest absolute Gasteiger partial charge is 0.262 e. The summed E-state index contributed by atoms with van der Waals surface area (Å²) < 4.78 is 11.6. The maximum absolute atomic E-state index is 12.2. The molecule has 3 rings (SSSR count). The van der Waals surface area contributed by atoms with Gasteiger partial charge in [-0.3, -0.25) is 4.79 Å². The Balaban J connectivity index is 1.41. The Morgan fingerprint density at radius 3 is 2.45 bits per heavy atom. The summed E-state index contributed by atoms with van der Waals surface area (Å²) in [6.07, 6.45) is 7.95. The molecule has 0 bridgehead atoms. The molecular formula is C25H33NO3. The first kappa shape index (κ1) is 21.2. The largest absolute Gasteiger partial charge is 0.494 e. The Kier molecular flexibility index (Phi) is 7.97. The van der Waals surface area contributed by atoms with Crippen LogP contribution >= 0.6 is 0 Å². The summed E-state index contributed by atoms with van der Waals surface area (Å²) >= 11 is 0. The number of rotatable bonds is 9. The van der Waals surface area contributed by atoms with Gasteiger partial charge in [-0.05, 0) is 54.2 Å². The van der Waals surface area contributed by atoms with Crippen LogP contribution in [0.1, 0.15) is 63.9 Å². The van der Waals surface area contributed by atoms with Gasteiger partial charge in [-0.15, -0.1) is 0 Å². The van der Waals surface area contributed by atoms with Crippen molar-refractivity contribution in [1.29, 1.82) is 0 Å². The molecule has 0 aromatic heterocycles. The molecule has 1 saturated carbocycles. The van der Waals surface area contributed by atoms with E-state index in [2.05, 4.69) is 19.2 Å². The molecule has 2 aromatic rings. The van der Waals surface area contributed by atoms with Gasteiger partial charge in [0, 0.05) is 5.69 Å². The normalized spacial score (nSPS) is 14.6. The highest BCUT2D eigenvalue weighted by Gasteiger charge is 2.13. The van der Waals surface area contributed by atoms with Crippen LogP contribution in [0.3, 0.4) is 0 Å². The van der Waals surface area contributed by atoms with Gasteiger partial charge in [-0.25, -0.2) is 0 Å². The average molecular weight is 396 g/mol. The number of benzene rings is 2. The quantitative estimate of drug-likeness (QED) is 0.552. The van der Waals surface area contributed by atoms with Crippen LogP contribution in [0.2, 0.25) is 0 Å². The van der Waals surface area contributed by atoms with Crippen LogP contribution in [-0.2, 0) is 4.79 Å². The third-order valence-electron chi connectivity index (χ3n) is 5.56. The van der Waals surface area contributed by atoms with Gasteiger partial charge in [0.25, 0.3) is 5.91 Å². The van der Waals surface area contributed by atoms with E-state index in [0.29, 0.717) is 5.92 Å². The molecule has 0 saturated heterocycles. The first-order valence-corrected chi connectivity index (χ1v) is 10.9. The summed E-state index contributed by atoms with van der Waals surface area (Å²) in [5.41, 5.74) is 1.85. The Bertz CT molecular complexity index is 764. The zero-order valence-corrected chi connectivity index (χ0v) is 17.7. The summed E-state index contributed by atoms with van der Waals surface area (Å²) in [6, 6.07) is 15.4. The molecule has 1 N–H and O–H groups in total. The molecule has 4 heteroatoms. The lowest BCUT2D eigenvalue weighted by Gasteiger charge is -2.21. The molecule has 1 aliphatic rings. The number of anilines is 1. The van der Waals surface area contributed by atoms with Gasteiger partial charge in [0.05, 0.1) is 6.61 Å². The van der Waals surface area contributed by atoms with E-state index in [1.54, 1.807) is 0 Å². The summed E-state index contributed by atoms with van der Waals surface area (Å²) in [4.78, 5) is 12.2. The van der Waals surface area contributed by atoms with E-state index in [1.165, 1.54) is 32.1 Å². The molecule has 29 heavy (non-hydrogen) atoms. The van der Waals surface area contributed by atoms with Gasteiger partial charge in [0.1, 0.15) is 11.5 Å². The van der Waals surface area contributed by atoms with E-state index >= 15 is 0 Å². The van der Waals surface area contributed by atoms with Crippen molar-refractivity contribution < 1.29 is 14.3 Å². The van der Waals surface area contributed by atoms with Crippen LogP contribution in [-0.4, -0.2) is 19.1 Å². The molecule has 156 valence electrons. The van der Waals surface area contributed by atoms with Gasteiger partial charge < -0.3 is 14.8 Å². The second-order valence-corrected chi connectivity index (χ2v) is 8.19. The molecule has 0 heterocycles. The predicted molar refractivity (Wildman–Crippen MR) is 118 cm³/mol. The fourth-order valence-corrected chi connectivity index (χ4v) is 3.88. The summed E-state index contributed by atoms with van der Waals surface area (Å²) in [5.74, 6) is 2.61. The second-order valence-electron chi connectivity index (χ2n) is 8.19. The number of carbonyl (C=O) groups excluding carboxylic acids is 1. The number of hydrogen-bond acceptors (Lipinski definition) is 3. The fourth-order valence-electron chi connectivity index (χ4n) is 3.88. The van der Waals surface area contributed by atoms with E-state index in [4.69, 9.17) is 9.47 Å². The SMILES string of the molecule is CC(C)c1ccccc1OCC(=O)Nc1ccc(OCCC2CCCCC2)cc1. The van der Waals surface area contributed by atoms with Crippen LogP contribution in [0.25, 0.3) is 0 Å². The van der Waals surface area contributed by atoms with Crippen LogP contribution in [0.4, 0.5) is 5.69 Å². The Morgan fingerprint density at radius 1 is 1.00 bits per heavy atom. The summed E-state index contributed by atoms with van der Waals surface area (Å²) in [5, 5.41) is 2.88. The second kappa shape index (κ2) is 10.9. The van der Waals surface area contributed by atoms with E-state index in [0.717, 1.165) is 41.7 Å². The maximum Gasteiger partial charge on any atom is 0.262 e. The molecular weight excluding hydrogens is 362 g/mol. The lowest BCUT2D eigenvalue weighted by Crippen LogP contribution is -2.20.